The standard InChI is InChI=1S/C11H16ClNO2/c1-7(13)11-8(6-14-2)4-9(12)5-10(11)15-3/h4-5,7H,6,13H2,1-3H3. The molecule has 0 amide bonds. The Balaban J connectivity index is 3.26. The molecule has 0 saturated carbocycles. The molecule has 1 atom stereocenters. The van der Waals surface area contributed by atoms with Gasteiger partial charge in [-0.2, -0.15) is 0 Å². The topological polar surface area (TPSA) is 44.5 Å². The summed E-state index contributed by atoms with van der Waals surface area (Å²) in [5.41, 5.74) is 7.81. The second kappa shape index (κ2) is 5.35. The van der Waals surface area contributed by atoms with Gasteiger partial charge in [0.1, 0.15) is 5.75 Å². The van der Waals surface area contributed by atoms with Crippen molar-refractivity contribution in [3.8, 4) is 5.75 Å². The van der Waals surface area contributed by atoms with E-state index in [2.05, 4.69) is 0 Å². The van der Waals surface area contributed by atoms with E-state index in [4.69, 9.17) is 26.8 Å². The second-order valence-corrected chi connectivity index (χ2v) is 3.84. The van der Waals surface area contributed by atoms with E-state index in [9.17, 15) is 0 Å². The molecule has 4 heteroatoms. The minimum absolute atomic E-state index is 0.109. The molecule has 0 aliphatic heterocycles. The number of hydrogen-bond donors (Lipinski definition) is 1. The van der Waals surface area contributed by atoms with Crippen molar-refractivity contribution in [3.05, 3.63) is 28.3 Å². The fourth-order valence-electron chi connectivity index (χ4n) is 1.61. The van der Waals surface area contributed by atoms with Crippen molar-refractivity contribution in [3.63, 3.8) is 0 Å². The molecule has 3 nitrogen and oxygen atoms in total. The first-order valence-electron chi connectivity index (χ1n) is 4.71. The Labute approximate surface area is 95.1 Å². The Morgan fingerprint density at radius 3 is 2.53 bits per heavy atom. The molecule has 15 heavy (non-hydrogen) atoms. The smallest absolute Gasteiger partial charge is 0.125 e. The quantitative estimate of drug-likeness (QED) is 0.863. The molecule has 1 unspecified atom stereocenters. The van der Waals surface area contributed by atoms with Crippen molar-refractivity contribution in [2.45, 2.75) is 19.6 Å². The summed E-state index contributed by atoms with van der Waals surface area (Å²) in [4.78, 5) is 0. The molecule has 0 aromatic heterocycles. The van der Waals surface area contributed by atoms with Gasteiger partial charge in [-0.1, -0.05) is 11.6 Å². The normalized spacial score (nSPS) is 12.6. The summed E-state index contributed by atoms with van der Waals surface area (Å²) in [5, 5.41) is 0.628. The lowest BCUT2D eigenvalue weighted by Gasteiger charge is -2.17. The van der Waals surface area contributed by atoms with Crippen LogP contribution >= 0.6 is 11.6 Å². The summed E-state index contributed by atoms with van der Waals surface area (Å²) in [6, 6.07) is 3.51. The maximum atomic E-state index is 5.96. The minimum Gasteiger partial charge on any atom is -0.496 e. The van der Waals surface area contributed by atoms with Gasteiger partial charge in [-0.25, -0.2) is 0 Å². The molecule has 84 valence electrons. The molecule has 1 aromatic rings. The Kier molecular flexibility index (Phi) is 4.39. The average molecular weight is 230 g/mol. The zero-order chi connectivity index (χ0) is 11.4. The van der Waals surface area contributed by atoms with E-state index in [1.807, 2.05) is 13.0 Å². The zero-order valence-electron chi connectivity index (χ0n) is 9.21. The van der Waals surface area contributed by atoms with E-state index in [0.29, 0.717) is 17.4 Å². The van der Waals surface area contributed by atoms with Gasteiger partial charge >= 0.3 is 0 Å². The number of methoxy groups -OCH3 is 2. The van der Waals surface area contributed by atoms with Gasteiger partial charge < -0.3 is 15.2 Å². The molecule has 1 aromatic carbocycles. The number of ether oxygens (including phenoxy) is 2. The highest BCUT2D eigenvalue weighted by molar-refractivity contribution is 6.30. The summed E-state index contributed by atoms with van der Waals surface area (Å²) < 4.78 is 10.4. The van der Waals surface area contributed by atoms with Crippen LogP contribution in [0.2, 0.25) is 5.02 Å². The molecule has 0 spiro atoms. The molecule has 0 aliphatic carbocycles. The molecule has 0 saturated heterocycles. The summed E-state index contributed by atoms with van der Waals surface area (Å²) >= 11 is 5.96. The lowest BCUT2D eigenvalue weighted by molar-refractivity contribution is 0.183. The predicted octanol–water partition coefficient (Wildman–Crippen LogP) is 2.51. The number of hydrogen-bond acceptors (Lipinski definition) is 3. The largest absolute Gasteiger partial charge is 0.496 e. The van der Waals surface area contributed by atoms with Gasteiger partial charge in [0, 0.05) is 23.7 Å². The van der Waals surface area contributed by atoms with Crippen LogP contribution in [0.15, 0.2) is 12.1 Å². The van der Waals surface area contributed by atoms with Crippen LogP contribution in [0.5, 0.6) is 5.75 Å². The highest BCUT2D eigenvalue weighted by atomic mass is 35.5. The van der Waals surface area contributed by atoms with Gasteiger partial charge in [-0.15, -0.1) is 0 Å². The van der Waals surface area contributed by atoms with E-state index in [0.717, 1.165) is 11.1 Å². The maximum Gasteiger partial charge on any atom is 0.125 e. The number of rotatable bonds is 4. The summed E-state index contributed by atoms with van der Waals surface area (Å²) in [5.74, 6) is 0.713. The van der Waals surface area contributed by atoms with Crippen LogP contribution in [0.4, 0.5) is 0 Å². The van der Waals surface area contributed by atoms with Gasteiger partial charge in [0.15, 0.2) is 0 Å². The van der Waals surface area contributed by atoms with Gasteiger partial charge in [-0.3, -0.25) is 0 Å². The fraction of sp³-hybridized carbons (Fsp3) is 0.455. The Bertz CT molecular complexity index is 340. The second-order valence-electron chi connectivity index (χ2n) is 3.40. The molecule has 0 radical (unpaired) electrons. The zero-order valence-corrected chi connectivity index (χ0v) is 9.97. The van der Waals surface area contributed by atoms with Crippen molar-refractivity contribution >= 4 is 11.6 Å². The first kappa shape index (κ1) is 12.3. The van der Waals surface area contributed by atoms with Gasteiger partial charge in [0.05, 0.1) is 13.7 Å². The molecule has 0 heterocycles. The van der Waals surface area contributed by atoms with Crippen molar-refractivity contribution in [1.29, 1.82) is 0 Å². The van der Waals surface area contributed by atoms with Crippen molar-refractivity contribution < 1.29 is 9.47 Å². The fourth-order valence-corrected chi connectivity index (χ4v) is 1.84. The molecule has 0 aliphatic rings. The van der Waals surface area contributed by atoms with Crippen LogP contribution in [0.1, 0.15) is 24.1 Å². The third-order valence-corrected chi connectivity index (χ3v) is 2.39. The molecule has 0 bridgehead atoms. The van der Waals surface area contributed by atoms with Gasteiger partial charge in [0.25, 0.3) is 0 Å². The summed E-state index contributed by atoms with van der Waals surface area (Å²) in [7, 11) is 3.24. The van der Waals surface area contributed by atoms with E-state index in [1.165, 1.54) is 0 Å². The SMILES string of the molecule is COCc1cc(Cl)cc(OC)c1C(C)N. The van der Waals surface area contributed by atoms with E-state index in [1.54, 1.807) is 20.3 Å². The first-order valence-corrected chi connectivity index (χ1v) is 5.08. The van der Waals surface area contributed by atoms with E-state index < -0.39 is 0 Å². The number of benzene rings is 1. The highest BCUT2D eigenvalue weighted by Gasteiger charge is 2.14. The lowest BCUT2D eigenvalue weighted by atomic mass is 10.0. The first-order chi connectivity index (χ1) is 7.10. The molecule has 0 fully saturated rings. The number of halogens is 1. The van der Waals surface area contributed by atoms with Crippen LogP contribution in [0, 0.1) is 0 Å². The Morgan fingerprint density at radius 1 is 1.40 bits per heavy atom. The maximum absolute atomic E-state index is 5.96. The van der Waals surface area contributed by atoms with Crippen LogP contribution in [0.25, 0.3) is 0 Å². The van der Waals surface area contributed by atoms with Gasteiger partial charge in [-0.05, 0) is 24.6 Å². The van der Waals surface area contributed by atoms with Crippen LogP contribution < -0.4 is 10.5 Å². The van der Waals surface area contributed by atoms with E-state index in [-0.39, 0.29) is 6.04 Å². The summed E-state index contributed by atoms with van der Waals surface area (Å²) in [6.45, 7) is 2.39. The van der Waals surface area contributed by atoms with Crippen molar-refractivity contribution in [2.24, 2.45) is 5.73 Å². The minimum atomic E-state index is -0.109. The Hall–Kier alpha value is -0.770. The number of nitrogens with two attached hydrogens (primary N) is 1. The lowest BCUT2D eigenvalue weighted by Crippen LogP contribution is -2.11. The third kappa shape index (κ3) is 2.84. The van der Waals surface area contributed by atoms with Crippen molar-refractivity contribution in [2.75, 3.05) is 14.2 Å². The molecular formula is C11H16ClNO2. The highest BCUT2D eigenvalue weighted by Crippen LogP contribution is 2.31. The van der Waals surface area contributed by atoms with E-state index >= 15 is 0 Å². The molecule has 2 N–H and O–H groups in total. The summed E-state index contributed by atoms with van der Waals surface area (Å²) in [6.07, 6.45) is 0. The van der Waals surface area contributed by atoms with Crippen LogP contribution in [-0.4, -0.2) is 14.2 Å². The third-order valence-electron chi connectivity index (χ3n) is 2.17. The molecular weight excluding hydrogens is 214 g/mol. The molecule has 1 rings (SSSR count). The van der Waals surface area contributed by atoms with Crippen molar-refractivity contribution in [1.82, 2.24) is 0 Å². The monoisotopic (exact) mass is 229 g/mol. The van der Waals surface area contributed by atoms with Gasteiger partial charge in [0.2, 0.25) is 0 Å². The van der Waals surface area contributed by atoms with Crippen LogP contribution in [0.3, 0.4) is 0 Å². The Morgan fingerprint density at radius 2 is 2.07 bits per heavy atom. The van der Waals surface area contributed by atoms with Crippen LogP contribution in [-0.2, 0) is 11.3 Å². The predicted molar refractivity (Wildman–Crippen MR) is 61.3 cm³/mol. The average Bonchev–Trinajstić information content (AvgIpc) is 2.16.